The van der Waals surface area contributed by atoms with Gasteiger partial charge in [0.2, 0.25) is 5.91 Å². The molecule has 0 bridgehead atoms. The highest BCUT2D eigenvalue weighted by molar-refractivity contribution is 6.00. The zero-order chi connectivity index (χ0) is 24.1. The fourth-order valence-electron chi connectivity index (χ4n) is 4.78. The third kappa shape index (κ3) is 5.11. The molecule has 2 aliphatic carbocycles. The van der Waals surface area contributed by atoms with E-state index >= 15 is 0 Å². The van der Waals surface area contributed by atoms with Crippen LogP contribution in [0.2, 0.25) is 0 Å². The lowest BCUT2D eigenvalue weighted by atomic mass is 9.84. The number of rotatable bonds is 8. The number of nitrogens with one attached hydrogen (secondary N) is 2. The van der Waals surface area contributed by atoms with Crippen molar-refractivity contribution in [1.29, 1.82) is 0 Å². The number of carbonyl (C=O) groups excluding carboxylic acids is 4. The Balaban J connectivity index is 1.42. The number of ether oxygens (including phenoxy) is 1. The maximum absolute atomic E-state index is 13.2. The molecule has 178 valence electrons. The molecular weight excluding hydrogens is 434 g/mol. The molecule has 0 aliphatic heterocycles. The van der Waals surface area contributed by atoms with Gasteiger partial charge >= 0.3 is 5.97 Å². The molecule has 8 nitrogen and oxygen atoms in total. The molecule has 2 fully saturated rings. The van der Waals surface area contributed by atoms with Gasteiger partial charge in [0.25, 0.3) is 11.8 Å². The van der Waals surface area contributed by atoms with E-state index in [0.29, 0.717) is 24.8 Å². The van der Waals surface area contributed by atoms with Crippen LogP contribution in [0.15, 0.2) is 60.7 Å². The normalized spacial score (nSPS) is 25.6. The predicted octanol–water partition coefficient (Wildman–Crippen LogP) is 2.05. The Morgan fingerprint density at radius 1 is 0.941 bits per heavy atom. The molecule has 0 saturated heterocycles. The summed E-state index contributed by atoms with van der Waals surface area (Å²) in [6.07, 6.45) is 3.44. The Morgan fingerprint density at radius 2 is 1.59 bits per heavy atom. The van der Waals surface area contributed by atoms with Crippen LogP contribution < -0.4 is 16.4 Å². The van der Waals surface area contributed by atoms with Crippen molar-refractivity contribution in [3.63, 3.8) is 0 Å². The molecule has 0 aromatic heterocycles. The second kappa shape index (κ2) is 10.1. The Hall–Kier alpha value is -3.68. The van der Waals surface area contributed by atoms with Crippen molar-refractivity contribution in [2.75, 3.05) is 6.61 Å². The Labute approximate surface area is 198 Å². The van der Waals surface area contributed by atoms with E-state index in [1.807, 2.05) is 30.3 Å². The Kier molecular flexibility index (Phi) is 6.95. The molecule has 0 spiro atoms. The third-order valence-electron chi connectivity index (χ3n) is 6.71. The van der Waals surface area contributed by atoms with Crippen LogP contribution in [-0.2, 0) is 19.1 Å². The molecule has 8 heteroatoms. The molecule has 2 aromatic carbocycles. The highest BCUT2D eigenvalue weighted by Crippen LogP contribution is 2.52. The lowest BCUT2D eigenvalue weighted by Crippen LogP contribution is -2.49. The second-order valence-corrected chi connectivity index (χ2v) is 9.00. The van der Waals surface area contributed by atoms with Crippen molar-refractivity contribution >= 4 is 23.7 Å². The standard InChI is InChI=1S/C26H29N3O5/c27-23(31)19-13-7-8-14-21(19)28-22(30)16-34-25(33)26(15-20(26)17-9-3-1-4-10-17)29-24(32)18-11-5-2-6-12-18/h1-6,9-12,19-21H,7-8,13-16H2,(H2,27,31)(H,28,30)(H,29,32). The van der Waals surface area contributed by atoms with Gasteiger partial charge in [0, 0.05) is 17.5 Å². The summed E-state index contributed by atoms with van der Waals surface area (Å²) in [7, 11) is 0. The monoisotopic (exact) mass is 463 g/mol. The van der Waals surface area contributed by atoms with E-state index in [1.54, 1.807) is 30.3 Å². The van der Waals surface area contributed by atoms with Crippen LogP contribution >= 0.6 is 0 Å². The highest BCUT2D eigenvalue weighted by atomic mass is 16.5. The zero-order valence-corrected chi connectivity index (χ0v) is 18.9. The summed E-state index contributed by atoms with van der Waals surface area (Å²) in [5.74, 6) is -2.64. The minimum atomic E-state index is -1.24. The Bertz CT molecular complexity index is 1060. The van der Waals surface area contributed by atoms with E-state index in [2.05, 4.69) is 10.6 Å². The first-order valence-electron chi connectivity index (χ1n) is 11.6. The van der Waals surface area contributed by atoms with Crippen LogP contribution in [0.4, 0.5) is 0 Å². The van der Waals surface area contributed by atoms with Crippen LogP contribution in [0.1, 0.15) is 53.9 Å². The summed E-state index contributed by atoms with van der Waals surface area (Å²) in [6.45, 7) is -0.495. The van der Waals surface area contributed by atoms with Crippen LogP contribution in [0.25, 0.3) is 0 Å². The van der Waals surface area contributed by atoms with E-state index in [0.717, 1.165) is 18.4 Å². The van der Waals surface area contributed by atoms with Crippen LogP contribution in [-0.4, -0.2) is 41.9 Å². The average molecular weight is 464 g/mol. The van der Waals surface area contributed by atoms with E-state index in [4.69, 9.17) is 10.5 Å². The summed E-state index contributed by atoms with van der Waals surface area (Å²) in [6, 6.07) is 17.7. The maximum atomic E-state index is 13.2. The molecule has 0 radical (unpaired) electrons. The number of benzene rings is 2. The molecular formula is C26H29N3O5. The molecule has 2 aromatic rings. The van der Waals surface area contributed by atoms with Gasteiger partial charge in [0.15, 0.2) is 6.61 Å². The van der Waals surface area contributed by atoms with Gasteiger partial charge in [-0.05, 0) is 37.0 Å². The van der Waals surface area contributed by atoms with Gasteiger partial charge in [0.1, 0.15) is 5.54 Å². The number of nitrogens with two attached hydrogens (primary N) is 1. The molecule has 0 heterocycles. The third-order valence-corrected chi connectivity index (χ3v) is 6.71. The van der Waals surface area contributed by atoms with Crippen LogP contribution in [0.5, 0.6) is 0 Å². The summed E-state index contributed by atoms with van der Waals surface area (Å²) in [5, 5.41) is 5.64. The summed E-state index contributed by atoms with van der Waals surface area (Å²) in [5.41, 5.74) is 5.57. The first kappa shape index (κ1) is 23.5. The van der Waals surface area contributed by atoms with Gasteiger partial charge < -0.3 is 21.1 Å². The van der Waals surface area contributed by atoms with Gasteiger partial charge in [-0.3, -0.25) is 14.4 Å². The first-order chi connectivity index (χ1) is 16.4. The number of esters is 1. The molecule has 4 unspecified atom stereocenters. The Morgan fingerprint density at radius 3 is 2.26 bits per heavy atom. The quantitative estimate of drug-likeness (QED) is 0.516. The smallest absolute Gasteiger partial charge is 0.333 e. The number of amides is 3. The molecule has 2 saturated carbocycles. The predicted molar refractivity (Wildman–Crippen MR) is 124 cm³/mol. The summed E-state index contributed by atoms with van der Waals surface area (Å²) in [4.78, 5) is 50.2. The fourth-order valence-corrected chi connectivity index (χ4v) is 4.78. The number of carbonyl (C=O) groups is 4. The van der Waals surface area contributed by atoms with E-state index in [1.165, 1.54) is 0 Å². The number of primary amides is 1. The van der Waals surface area contributed by atoms with Crippen LogP contribution in [0.3, 0.4) is 0 Å². The zero-order valence-electron chi connectivity index (χ0n) is 18.9. The molecule has 2 aliphatic rings. The van der Waals surface area contributed by atoms with Crippen molar-refractivity contribution in [2.24, 2.45) is 11.7 Å². The second-order valence-electron chi connectivity index (χ2n) is 9.00. The minimum absolute atomic E-state index is 0.255. The molecule has 4 rings (SSSR count). The lowest BCUT2D eigenvalue weighted by molar-refractivity contribution is -0.152. The van der Waals surface area contributed by atoms with E-state index < -0.39 is 35.8 Å². The SMILES string of the molecule is NC(=O)C1CCCCC1NC(=O)COC(=O)C1(NC(=O)c2ccccc2)CC1c1ccccc1. The van der Waals surface area contributed by atoms with Gasteiger partial charge in [0.05, 0.1) is 5.92 Å². The molecule has 4 N–H and O–H groups in total. The highest BCUT2D eigenvalue weighted by Gasteiger charge is 2.63. The molecule has 4 atom stereocenters. The van der Waals surface area contributed by atoms with Crippen molar-refractivity contribution in [1.82, 2.24) is 10.6 Å². The van der Waals surface area contributed by atoms with E-state index in [-0.39, 0.29) is 17.9 Å². The van der Waals surface area contributed by atoms with Crippen molar-refractivity contribution in [2.45, 2.75) is 49.6 Å². The van der Waals surface area contributed by atoms with Gasteiger partial charge in [-0.1, -0.05) is 61.4 Å². The minimum Gasteiger partial charge on any atom is -0.454 e. The van der Waals surface area contributed by atoms with E-state index in [9.17, 15) is 19.2 Å². The maximum Gasteiger partial charge on any atom is 0.333 e. The summed E-state index contributed by atoms with van der Waals surface area (Å²) < 4.78 is 5.38. The number of hydrogen-bond donors (Lipinski definition) is 3. The fraction of sp³-hybridized carbons (Fsp3) is 0.385. The van der Waals surface area contributed by atoms with Crippen molar-refractivity contribution in [3.8, 4) is 0 Å². The molecule has 3 amide bonds. The summed E-state index contributed by atoms with van der Waals surface area (Å²) >= 11 is 0. The number of hydrogen-bond acceptors (Lipinski definition) is 5. The van der Waals surface area contributed by atoms with Gasteiger partial charge in [-0.25, -0.2) is 4.79 Å². The van der Waals surface area contributed by atoms with Gasteiger partial charge in [-0.15, -0.1) is 0 Å². The van der Waals surface area contributed by atoms with Crippen molar-refractivity contribution in [3.05, 3.63) is 71.8 Å². The largest absolute Gasteiger partial charge is 0.454 e. The topological polar surface area (TPSA) is 128 Å². The van der Waals surface area contributed by atoms with Crippen LogP contribution in [0, 0.1) is 5.92 Å². The van der Waals surface area contributed by atoms with Gasteiger partial charge in [-0.2, -0.15) is 0 Å². The van der Waals surface area contributed by atoms with Crippen molar-refractivity contribution < 1.29 is 23.9 Å². The lowest BCUT2D eigenvalue weighted by Gasteiger charge is -2.30. The molecule has 34 heavy (non-hydrogen) atoms. The average Bonchev–Trinajstić information content (AvgIpc) is 3.59. The first-order valence-corrected chi connectivity index (χ1v) is 11.6.